The van der Waals surface area contributed by atoms with Crippen LogP contribution in [0.2, 0.25) is 0 Å². The fourth-order valence-corrected chi connectivity index (χ4v) is 4.25. The molecule has 4 rings (SSSR count). The number of furan rings is 1. The van der Waals surface area contributed by atoms with Gasteiger partial charge in [0, 0.05) is 23.6 Å². The summed E-state index contributed by atoms with van der Waals surface area (Å²) in [7, 11) is 0. The van der Waals surface area contributed by atoms with Gasteiger partial charge >= 0.3 is 5.97 Å². The van der Waals surface area contributed by atoms with Crippen molar-refractivity contribution >= 4 is 52.0 Å². The predicted molar refractivity (Wildman–Crippen MR) is 145 cm³/mol. The summed E-state index contributed by atoms with van der Waals surface area (Å²) in [5.41, 5.74) is 7.85. The minimum Gasteiger partial charge on any atom is -0.487 e. The van der Waals surface area contributed by atoms with Crippen LogP contribution in [0.15, 0.2) is 63.2 Å². The Morgan fingerprint density at radius 2 is 2.08 bits per heavy atom. The number of benzene rings is 1. The van der Waals surface area contributed by atoms with Crippen molar-refractivity contribution in [2.24, 2.45) is 10.7 Å². The minimum atomic E-state index is -1.16. The molecule has 0 fully saturated rings. The van der Waals surface area contributed by atoms with Gasteiger partial charge in [0.1, 0.15) is 35.3 Å². The lowest BCUT2D eigenvalue weighted by Gasteiger charge is -2.13. The number of carboxylic acid groups (broad SMARTS) is 1. The number of aliphatic imine (C=N–C) groups is 1. The van der Waals surface area contributed by atoms with E-state index in [0.717, 1.165) is 21.2 Å². The normalized spacial score (nSPS) is 13.1. The third kappa shape index (κ3) is 8.43. The maximum atomic E-state index is 13.9. The number of carbonyl (C=O) groups excluding carboxylic acids is 2. The number of aliphatic carboxylic acids is 1. The minimum absolute atomic E-state index is 0.0918. The van der Waals surface area contributed by atoms with Gasteiger partial charge < -0.3 is 24.9 Å². The first-order valence-electron chi connectivity index (χ1n) is 11.8. The van der Waals surface area contributed by atoms with Gasteiger partial charge in [0.15, 0.2) is 11.6 Å². The highest BCUT2D eigenvalue weighted by Gasteiger charge is 2.17. The van der Waals surface area contributed by atoms with Crippen LogP contribution < -0.4 is 5.73 Å². The number of halogens is 2. The number of carboxylic acids is 1. The van der Waals surface area contributed by atoms with Crippen LogP contribution in [0.4, 0.5) is 8.78 Å². The van der Waals surface area contributed by atoms with E-state index in [4.69, 9.17) is 20.0 Å². The molecule has 0 atom stereocenters. The lowest BCUT2D eigenvalue weighted by Crippen LogP contribution is -2.36. The zero-order valence-electron chi connectivity index (χ0n) is 21.6. The topological polar surface area (TPSA) is 148 Å². The van der Waals surface area contributed by atoms with E-state index in [9.17, 15) is 23.2 Å². The number of aromatic nitrogens is 1. The maximum Gasteiger partial charge on any atom is 0.323 e. The second kappa shape index (κ2) is 13.9. The molecule has 2 amide bonds. The number of hydrogen-bond acceptors (Lipinski definition) is 7. The van der Waals surface area contributed by atoms with Gasteiger partial charge in [-0.15, -0.1) is 11.3 Å². The smallest absolute Gasteiger partial charge is 0.323 e. The van der Waals surface area contributed by atoms with Crippen molar-refractivity contribution in [3.63, 3.8) is 0 Å². The molecule has 0 spiro atoms. The van der Waals surface area contributed by atoms with Crippen molar-refractivity contribution < 1.29 is 37.4 Å². The zero-order valence-corrected chi connectivity index (χ0v) is 22.4. The number of nitrogens with zero attached hydrogens (tertiary/aromatic N) is 3. The maximum absolute atomic E-state index is 13.9. The SMILES string of the molecule is CC(=O)N=C(N)CN(C=O)CC(=O)O.Cc1csc(COC2=CCC=C(c3cc(F)c(F)c4ccoc34)C=C2)n1. The molecule has 1 aromatic carbocycles. The standard InChI is InChI=1S/C20H15F2NO2S.C7H11N3O4/c1-12-11-26-18(23-12)10-25-14-4-2-3-13(5-6-14)16-9-17(21)19(22)15-7-8-24-20(15)16;1-5(12)9-6(8)2-10(4-11)3-7(13)14/h3-9,11H,2,10H2,1H3;4H,2-3H2,1H3,(H,13,14)(H2,8,9,12). The van der Waals surface area contributed by atoms with Crippen LogP contribution in [0.25, 0.3) is 16.5 Å². The van der Waals surface area contributed by atoms with E-state index in [1.54, 1.807) is 11.3 Å². The molecule has 1 aliphatic rings. The molecular weight excluding hydrogens is 546 g/mol. The number of amidine groups is 1. The lowest BCUT2D eigenvalue weighted by atomic mass is 10.0. The van der Waals surface area contributed by atoms with Crippen molar-refractivity contribution in [2.75, 3.05) is 13.1 Å². The second-order valence-corrected chi connectivity index (χ2v) is 9.36. The van der Waals surface area contributed by atoms with Gasteiger partial charge in [-0.3, -0.25) is 14.4 Å². The first-order chi connectivity index (χ1) is 19.1. The molecule has 1 aliphatic carbocycles. The lowest BCUT2D eigenvalue weighted by molar-refractivity contribution is -0.140. The van der Waals surface area contributed by atoms with E-state index in [2.05, 4.69) is 9.98 Å². The van der Waals surface area contributed by atoms with Gasteiger partial charge in [-0.05, 0) is 43.2 Å². The molecule has 0 saturated carbocycles. The molecule has 0 unspecified atom stereocenters. The quantitative estimate of drug-likeness (QED) is 0.218. The Morgan fingerprint density at radius 3 is 2.73 bits per heavy atom. The van der Waals surface area contributed by atoms with Gasteiger partial charge in [-0.1, -0.05) is 12.2 Å². The molecule has 0 aliphatic heterocycles. The van der Waals surface area contributed by atoms with Crippen LogP contribution in [0.1, 0.15) is 29.6 Å². The Morgan fingerprint density at radius 1 is 1.30 bits per heavy atom. The molecule has 0 radical (unpaired) electrons. The molecule has 13 heteroatoms. The van der Waals surface area contributed by atoms with Crippen molar-refractivity contribution in [1.82, 2.24) is 9.88 Å². The van der Waals surface area contributed by atoms with Crippen LogP contribution in [0.3, 0.4) is 0 Å². The van der Waals surface area contributed by atoms with Gasteiger partial charge in [0.25, 0.3) is 0 Å². The Labute approximate surface area is 231 Å². The van der Waals surface area contributed by atoms with E-state index in [-0.39, 0.29) is 17.8 Å². The Kier molecular flexibility index (Phi) is 10.4. The van der Waals surface area contributed by atoms with E-state index < -0.39 is 30.1 Å². The summed E-state index contributed by atoms with van der Waals surface area (Å²) in [6.45, 7) is 2.90. The van der Waals surface area contributed by atoms with Crippen molar-refractivity contribution in [3.8, 4) is 0 Å². The molecule has 3 N–H and O–H groups in total. The van der Waals surface area contributed by atoms with Crippen LogP contribution >= 0.6 is 11.3 Å². The fourth-order valence-electron chi connectivity index (χ4n) is 3.57. The highest BCUT2D eigenvalue weighted by Crippen LogP contribution is 2.32. The van der Waals surface area contributed by atoms with Gasteiger partial charge in [0.05, 0.1) is 18.2 Å². The van der Waals surface area contributed by atoms with Crippen LogP contribution in [0, 0.1) is 18.6 Å². The zero-order chi connectivity index (χ0) is 29.2. The Bertz CT molecular complexity index is 1520. The Balaban J connectivity index is 0.000000270. The number of fused-ring (bicyclic) bond motifs is 1. The number of carbonyl (C=O) groups is 3. The van der Waals surface area contributed by atoms with Crippen molar-refractivity contribution in [1.29, 1.82) is 0 Å². The van der Waals surface area contributed by atoms with E-state index >= 15 is 0 Å². The largest absolute Gasteiger partial charge is 0.487 e. The van der Waals surface area contributed by atoms with Gasteiger partial charge in [0.2, 0.25) is 12.3 Å². The molecular formula is C27H26F2N4O6S. The summed E-state index contributed by atoms with van der Waals surface area (Å²) in [4.78, 5) is 39.6. The highest BCUT2D eigenvalue weighted by molar-refractivity contribution is 7.09. The first kappa shape index (κ1) is 29.9. The molecule has 2 heterocycles. The fraction of sp³-hybridized carbons (Fsp3) is 0.222. The van der Waals surface area contributed by atoms with E-state index in [1.165, 1.54) is 25.3 Å². The molecule has 2 aromatic heterocycles. The van der Waals surface area contributed by atoms with Gasteiger partial charge in [-0.25, -0.2) is 13.8 Å². The molecule has 10 nitrogen and oxygen atoms in total. The third-order valence-corrected chi connectivity index (χ3v) is 6.14. The third-order valence-electron chi connectivity index (χ3n) is 5.20. The average molecular weight is 573 g/mol. The number of nitrogens with two attached hydrogens (primary N) is 1. The summed E-state index contributed by atoms with van der Waals surface area (Å²) in [5.74, 6) is -2.82. The summed E-state index contributed by atoms with van der Waals surface area (Å²) >= 11 is 1.56. The first-order valence-corrected chi connectivity index (χ1v) is 12.7. The van der Waals surface area contributed by atoms with E-state index in [0.29, 0.717) is 36.3 Å². The number of aryl methyl sites for hydroxylation is 1. The van der Waals surface area contributed by atoms with Gasteiger partial charge in [-0.2, -0.15) is 4.99 Å². The van der Waals surface area contributed by atoms with Crippen LogP contribution in [-0.4, -0.2) is 52.2 Å². The molecule has 0 saturated heterocycles. The molecule has 0 bridgehead atoms. The monoisotopic (exact) mass is 572 g/mol. The number of thiazole rings is 1. The highest BCUT2D eigenvalue weighted by atomic mass is 32.1. The number of allylic oxidation sites excluding steroid dienone is 5. The van der Waals surface area contributed by atoms with Crippen molar-refractivity contribution in [3.05, 3.63) is 81.7 Å². The number of ether oxygens (including phenoxy) is 1. The predicted octanol–water partition coefficient (Wildman–Crippen LogP) is 4.35. The number of hydrogen-bond donors (Lipinski definition) is 2. The van der Waals surface area contributed by atoms with Crippen LogP contribution in [0.5, 0.6) is 0 Å². The number of rotatable bonds is 9. The summed E-state index contributed by atoms with van der Waals surface area (Å²) in [6, 6.07) is 2.60. The Hall–Kier alpha value is -4.65. The summed E-state index contributed by atoms with van der Waals surface area (Å²) in [6.07, 6.45) is 9.79. The summed E-state index contributed by atoms with van der Waals surface area (Å²) in [5, 5.41) is 11.4. The molecule has 210 valence electrons. The van der Waals surface area contributed by atoms with Crippen LogP contribution in [-0.2, 0) is 25.7 Å². The van der Waals surface area contributed by atoms with E-state index in [1.807, 2.05) is 36.6 Å². The van der Waals surface area contributed by atoms with Crippen molar-refractivity contribution in [2.45, 2.75) is 26.9 Å². The molecule has 40 heavy (non-hydrogen) atoms. The number of amides is 2. The molecule has 3 aromatic rings. The second-order valence-electron chi connectivity index (χ2n) is 8.42. The average Bonchev–Trinajstić information content (AvgIpc) is 3.48. The summed E-state index contributed by atoms with van der Waals surface area (Å²) < 4.78 is 39.0.